The summed E-state index contributed by atoms with van der Waals surface area (Å²) in [6, 6.07) is 0.0799. The van der Waals surface area contributed by atoms with Gasteiger partial charge in [-0.25, -0.2) is 0 Å². The predicted octanol–water partition coefficient (Wildman–Crippen LogP) is 0.670. The van der Waals surface area contributed by atoms with Gasteiger partial charge in [0.2, 0.25) is 0 Å². The van der Waals surface area contributed by atoms with E-state index in [2.05, 4.69) is 0 Å². The highest BCUT2D eigenvalue weighted by Crippen LogP contribution is 2.46. The van der Waals surface area contributed by atoms with Crippen molar-refractivity contribution in [3.63, 3.8) is 0 Å². The number of fused-ring (bicyclic) bond motifs is 2. The Bertz CT molecular complexity index is 142. The maximum Gasteiger partial charge on any atom is 0.0800 e. The Balaban J connectivity index is 0.000000500. The molecule has 3 N–H and O–H groups in total. The molecule has 2 aliphatic carbocycles. The first-order valence-electron chi connectivity index (χ1n) is 3.69. The molecule has 0 aromatic heterocycles. The Morgan fingerprint density at radius 2 is 2.20 bits per heavy atom. The second-order valence-corrected chi connectivity index (χ2v) is 3.55. The number of hydrogen-bond donors (Lipinski definition) is 2. The van der Waals surface area contributed by atoms with Crippen molar-refractivity contribution in [3.05, 3.63) is 0 Å². The minimum atomic E-state index is -0.454. The fraction of sp³-hybridized carbons (Fsp3) is 1.00. The number of aliphatic hydroxyl groups is 1. The second kappa shape index (κ2) is 2.36. The van der Waals surface area contributed by atoms with Crippen LogP contribution >= 0.6 is 12.4 Å². The average Bonchev–Trinajstić information content (AvgIpc) is 2.22. The summed E-state index contributed by atoms with van der Waals surface area (Å²) in [4.78, 5) is 0. The molecule has 10 heavy (non-hydrogen) atoms. The largest absolute Gasteiger partial charge is 0.388 e. The fourth-order valence-electron chi connectivity index (χ4n) is 2.27. The van der Waals surface area contributed by atoms with Gasteiger partial charge in [-0.1, -0.05) is 0 Å². The molecule has 3 atom stereocenters. The Hall–Kier alpha value is 0.210. The second-order valence-electron chi connectivity index (χ2n) is 3.55. The first kappa shape index (κ1) is 8.31. The van der Waals surface area contributed by atoms with E-state index in [1.54, 1.807) is 0 Å². The molecule has 0 heterocycles. The third-order valence-corrected chi connectivity index (χ3v) is 2.91. The van der Waals surface area contributed by atoms with Crippen LogP contribution in [0.15, 0.2) is 0 Å². The molecule has 0 aromatic carbocycles. The molecule has 0 spiro atoms. The van der Waals surface area contributed by atoms with Crippen LogP contribution in [0, 0.1) is 5.92 Å². The van der Waals surface area contributed by atoms with Crippen LogP contribution in [0.1, 0.15) is 25.7 Å². The monoisotopic (exact) mass is 163 g/mol. The number of nitrogens with two attached hydrogens (primary N) is 1. The summed E-state index contributed by atoms with van der Waals surface area (Å²) in [5.41, 5.74) is 5.25. The van der Waals surface area contributed by atoms with Crippen molar-refractivity contribution >= 4 is 12.4 Å². The smallest absolute Gasteiger partial charge is 0.0800 e. The molecule has 0 saturated heterocycles. The molecule has 2 bridgehead atoms. The van der Waals surface area contributed by atoms with Crippen LogP contribution in [0.3, 0.4) is 0 Å². The van der Waals surface area contributed by atoms with E-state index in [4.69, 9.17) is 5.73 Å². The van der Waals surface area contributed by atoms with Gasteiger partial charge in [-0.05, 0) is 31.6 Å². The molecular formula is C7H14ClNO. The highest BCUT2D eigenvalue weighted by molar-refractivity contribution is 5.85. The quantitative estimate of drug-likeness (QED) is 0.552. The topological polar surface area (TPSA) is 46.2 Å². The summed E-state index contributed by atoms with van der Waals surface area (Å²) in [5.74, 6) is 0.741. The van der Waals surface area contributed by atoms with Gasteiger partial charge >= 0.3 is 0 Å². The average molecular weight is 164 g/mol. The van der Waals surface area contributed by atoms with Crippen molar-refractivity contribution in [1.29, 1.82) is 0 Å². The minimum Gasteiger partial charge on any atom is -0.388 e. The van der Waals surface area contributed by atoms with E-state index in [-0.39, 0.29) is 18.4 Å². The Kier molecular flexibility index (Phi) is 1.96. The molecule has 3 unspecified atom stereocenters. The highest BCUT2D eigenvalue weighted by Gasteiger charge is 2.48. The standard InChI is InChI=1S/C7H13NO.ClH/c8-6-3-5-1-2-7(6,9)4-5;/h5-6,9H,1-4,8H2;1H. The molecule has 0 radical (unpaired) electrons. The summed E-state index contributed by atoms with van der Waals surface area (Å²) in [5, 5.41) is 9.69. The van der Waals surface area contributed by atoms with Crippen LogP contribution in [0.5, 0.6) is 0 Å². The molecule has 0 aliphatic heterocycles. The van der Waals surface area contributed by atoms with E-state index in [0.29, 0.717) is 0 Å². The lowest BCUT2D eigenvalue weighted by Crippen LogP contribution is -2.43. The van der Waals surface area contributed by atoms with Crippen LogP contribution in [0.2, 0.25) is 0 Å². The van der Waals surface area contributed by atoms with Gasteiger partial charge in [-0.15, -0.1) is 12.4 Å². The van der Waals surface area contributed by atoms with Gasteiger partial charge < -0.3 is 10.8 Å². The van der Waals surface area contributed by atoms with Gasteiger partial charge in [0, 0.05) is 6.04 Å². The first-order valence-corrected chi connectivity index (χ1v) is 3.69. The van der Waals surface area contributed by atoms with Crippen LogP contribution in [-0.4, -0.2) is 16.7 Å². The predicted molar refractivity (Wildman–Crippen MR) is 42.1 cm³/mol. The summed E-state index contributed by atoms with van der Waals surface area (Å²) >= 11 is 0. The first-order chi connectivity index (χ1) is 4.21. The normalized spacial score (nSPS) is 51.0. The van der Waals surface area contributed by atoms with Gasteiger partial charge in [0.25, 0.3) is 0 Å². The van der Waals surface area contributed by atoms with E-state index in [9.17, 15) is 5.11 Å². The van der Waals surface area contributed by atoms with Gasteiger partial charge in [0.05, 0.1) is 5.60 Å². The van der Waals surface area contributed by atoms with E-state index >= 15 is 0 Å². The molecule has 0 amide bonds. The van der Waals surface area contributed by atoms with Crippen molar-refractivity contribution < 1.29 is 5.11 Å². The summed E-state index contributed by atoms with van der Waals surface area (Å²) in [7, 11) is 0. The summed E-state index contributed by atoms with van der Waals surface area (Å²) < 4.78 is 0. The highest BCUT2D eigenvalue weighted by atomic mass is 35.5. The van der Waals surface area contributed by atoms with Gasteiger partial charge in [-0.3, -0.25) is 0 Å². The Labute approximate surface area is 67.2 Å². The number of halogens is 1. The third-order valence-electron chi connectivity index (χ3n) is 2.91. The molecule has 2 saturated carbocycles. The molecule has 2 aliphatic rings. The van der Waals surface area contributed by atoms with Gasteiger partial charge in [0.15, 0.2) is 0 Å². The van der Waals surface area contributed by atoms with Gasteiger partial charge in [-0.2, -0.15) is 0 Å². The SMILES string of the molecule is Cl.NC1CC2CCC1(O)C2. The Morgan fingerprint density at radius 3 is 2.40 bits per heavy atom. The van der Waals surface area contributed by atoms with Crippen LogP contribution < -0.4 is 5.73 Å². The van der Waals surface area contributed by atoms with E-state index in [1.807, 2.05) is 0 Å². The van der Waals surface area contributed by atoms with E-state index in [0.717, 1.165) is 25.2 Å². The molecule has 0 aromatic rings. The maximum atomic E-state index is 9.69. The summed E-state index contributed by atoms with van der Waals surface area (Å²) in [6.45, 7) is 0. The molecule has 3 heteroatoms. The van der Waals surface area contributed by atoms with Crippen molar-refractivity contribution in [2.45, 2.75) is 37.3 Å². The Morgan fingerprint density at radius 1 is 1.50 bits per heavy atom. The lowest BCUT2D eigenvalue weighted by molar-refractivity contribution is 0.0347. The van der Waals surface area contributed by atoms with E-state index in [1.165, 1.54) is 6.42 Å². The van der Waals surface area contributed by atoms with Crippen molar-refractivity contribution in [3.8, 4) is 0 Å². The van der Waals surface area contributed by atoms with Crippen molar-refractivity contribution in [2.24, 2.45) is 11.7 Å². The van der Waals surface area contributed by atoms with Crippen LogP contribution in [-0.2, 0) is 0 Å². The number of hydrogen-bond acceptors (Lipinski definition) is 2. The minimum absolute atomic E-state index is 0. The van der Waals surface area contributed by atoms with Crippen LogP contribution in [0.4, 0.5) is 0 Å². The number of rotatable bonds is 0. The molecule has 2 fully saturated rings. The molecule has 2 rings (SSSR count). The maximum absolute atomic E-state index is 9.69. The molecule has 2 nitrogen and oxygen atoms in total. The summed E-state index contributed by atoms with van der Waals surface area (Å²) in [6.07, 6.45) is 4.16. The molecule has 60 valence electrons. The van der Waals surface area contributed by atoms with Gasteiger partial charge in [0.1, 0.15) is 0 Å². The zero-order chi connectivity index (χ0) is 6.48. The van der Waals surface area contributed by atoms with E-state index < -0.39 is 5.60 Å². The van der Waals surface area contributed by atoms with Crippen molar-refractivity contribution in [2.75, 3.05) is 0 Å². The van der Waals surface area contributed by atoms with Crippen molar-refractivity contribution in [1.82, 2.24) is 0 Å². The lowest BCUT2D eigenvalue weighted by Gasteiger charge is -2.25. The lowest BCUT2D eigenvalue weighted by atomic mass is 9.93. The third kappa shape index (κ3) is 0.949. The fourth-order valence-corrected chi connectivity index (χ4v) is 2.27. The zero-order valence-electron chi connectivity index (χ0n) is 5.92. The molecular weight excluding hydrogens is 150 g/mol. The van der Waals surface area contributed by atoms with Crippen LogP contribution in [0.25, 0.3) is 0 Å². The zero-order valence-corrected chi connectivity index (χ0v) is 6.73.